The molecule has 1 saturated heterocycles. The van der Waals surface area contributed by atoms with Crippen LogP contribution in [0.2, 0.25) is 0 Å². The molecule has 110 valence electrons. The minimum atomic E-state index is 0.414. The topological polar surface area (TPSA) is 29.3 Å². The van der Waals surface area contributed by atoms with E-state index in [4.69, 9.17) is 5.73 Å². The van der Waals surface area contributed by atoms with Crippen molar-refractivity contribution in [3.63, 3.8) is 0 Å². The molecule has 2 N–H and O–H groups in total. The monoisotopic (exact) mass is 272 g/mol. The molecule has 2 heteroatoms. The van der Waals surface area contributed by atoms with E-state index in [1.54, 1.807) is 0 Å². The Bertz CT molecular complexity index is 422. The molecule has 1 aromatic carbocycles. The van der Waals surface area contributed by atoms with Gasteiger partial charge in [-0.2, -0.15) is 0 Å². The number of piperidine rings is 1. The molecule has 1 aliphatic heterocycles. The number of hydrogen-bond acceptors (Lipinski definition) is 2. The summed E-state index contributed by atoms with van der Waals surface area (Å²) >= 11 is 0. The van der Waals surface area contributed by atoms with Gasteiger partial charge in [0.15, 0.2) is 0 Å². The first-order valence-electron chi connectivity index (χ1n) is 8.35. The Morgan fingerprint density at radius 3 is 2.55 bits per heavy atom. The van der Waals surface area contributed by atoms with Crippen molar-refractivity contribution in [1.29, 1.82) is 0 Å². The van der Waals surface area contributed by atoms with Crippen LogP contribution in [0.3, 0.4) is 0 Å². The average molecular weight is 272 g/mol. The first-order valence-corrected chi connectivity index (χ1v) is 8.35. The summed E-state index contributed by atoms with van der Waals surface area (Å²) in [6.45, 7) is 5.49. The minimum absolute atomic E-state index is 0.414. The van der Waals surface area contributed by atoms with Crippen molar-refractivity contribution in [3.8, 4) is 0 Å². The quantitative estimate of drug-likeness (QED) is 0.886. The van der Waals surface area contributed by atoms with Crippen molar-refractivity contribution in [1.82, 2.24) is 4.90 Å². The number of hydrogen-bond donors (Lipinski definition) is 1. The third kappa shape index (κ3) is 3.07. The molecule has 0 bridgehead atoms. The molecule has 3 rings (SSSR count). The van der Waals surface area contributed by atoms with Gasteiger partial charge in [0.1, 0.15) is 0 Å². The lowest BCUT2D eigenvalue weighted by atomic mass is 9.92. The second kappa shape index (κ2) is 6.28. The SMILES string of the molecule is CCC1CCCN(C(CN)c2ccc(C3CC3)cc2)C1. The number of benzene rings is 1. The third-order valence-corrected chi connectivity index (χ3v) is 5.16. The van der Waals surface area contributed by atoms with Crippen LogP contribution in [-0.4, -0.2) is 24.5 Å². The maximum absolute atomic E-state index is 6.09. The van der Waals surface area contributed by atoms with Crippen molar-refractivity contribution in [2.45, 2.75) is 51.0 Å². The van der Waals surface area contributed by atoms with Gasteiger partial charge in [-0.05, 0) is 55.2 Å². The number of nitrogens with zero attached hydrogens (tertiary/aromatic N) is 1. The lowest BCUT2D eigenvalue weighted by molar-refractivity contribution is 0.124. The number of nitrogens with two attached hydrogens (primary N) is 1. The third-order valence-electron chi connectivity index (χ3n) is 5.16. The van der Waals surface area contributed by atoms with Crippen molar-refractivity contribution in [2.24, 2.45) is 11.7 Å². The average Bonchev–Trinajstić information content (AvgIpc) is 3.34. The number of rotatable bonds is 5. The van der Waals surface area contributed by atoms with Crippen LogP contribution in [0.5, 0.6) is 0 Å². The zero-order valence-corrected chi connectivity index (χ0v) is 12.7. The molecule has 1 aromatic rings. The predicted molar refractivity (Wildman–Crippen MR) is 84.8 cm³/mol. The second-order valence-corrected chi connectivity index (χ2v) is 6.60. The molecule has 1 aliphatic carbocycles. The Kier molecular flexibility index (Phi) is 4.42. The summed E-state index contributed by atoms with van der Waals surface area (Å²) in [6, 6.07) is 9.72. The zero-order valence-electron chi connectivity index (χ0n) is 12.7. The second-order valence-electron chi connectivity index (χ2n) is 6.60. The van der Waals surface area contributed by atoms with E-state index in [9.17, 15) is 0 Å². The van der Waals surface area contributed by atoms with Crippen LogP contribution in [0.1, 0.15) is 62.1 Å². The standard InChI is InChI=1S/C18H28N2/c1-2-14-4-3-11-20(13-14)18(12-19)17-9-7-16(8-10-17)15-5-6-15/h7-10,14-15,18H,2-6,11-13,19H2,1H3. The van der Waals surface area contributed by atoms with Gasteiger partial charge in [0, 0.05) is 19.1 Å². The van der Waals surface area contributed by atoms with Crippen molar-refractivity contribution >= 4 is 0 Å². The Morgan fingerprint density at radius 1 is 1.20 bits per heavy atom. The minimum Gasteiger partial charge on any atom is -0.329 e. The van der Waals surface area contributed by atoms with Crippen LogP contribution in [0.25, 0.3) is 0 Å². The van der Waals surface area contributed by atoms with Crippen LogP contribution in [0, 0.1) is 5.92 Å². The Labute approximate surface area is 123 Å². The molecule has 1 heterocycles. The highest BCUT2D eigenvalue weighted by Gasteiger charge is 2.26. The maximum Gasteiger partial charge on any atom is 0.0470 e. The highest BCUT2D eigenvalue weighted by Crippen LogP contribution is 2.40. The van der Waals surface area contributed by atoms with Gasteiger partial charge < -0.3 is 5.73 Å². The number of likely N-dealkylation sites (tertiary alicyclic amines) is 1. The first-order chi connectivity index (χ1) is 9.81. The van der Waals surface area contributed by atoms with E-state index in [0.717, 1.165) is 18.4 Å². The van der Waals surface area contributed by atoms with Gasteiger partial charge >= 0.3 is 0 Å². The molecule has 2 fully saturated rings. The molecule has 0 radical (unpaired) electrons. The van der Waals surface area contributed by atoms with E-state index in [2.05, 4.69) is 36.1 Å². The van der Waals surface area contributed by atoms with E-state index >= 15 is 0 Å². The molecule has 1 saturated carbocycles. The Hall–Kier alpha value is -0.860. The van der Waals surface area contributed by atoms with Gasteiger partial charge in [0.25, 0.3) is 0 Å². The summed E-state index contributed by atoms with van der Waals surface area (Å²) in [5.41, 5.74) is 9.02. The fourth-order valence-corrected chi connectivity index (χ4v) is 3.62. The summed E-state index contributed by atoms with van der Waals surface area (Å²) in [7, 11) is 0. The molecule has 2 atom stereocenters. The molecular weight excluding hydrogens is 244 g/mol. The molecule has 2 unspecified atom stereocenters. The first kappa shape index (κ1) is 14.1. The van der Waals surface area contributed by atoms with Gasteiger partial charge in [0.2, 0.25) is 0 Å². The molecule has 2 aliphatic rings. The lowest BCUT2D eigenvalue weighted by Gasteiger charge is -2.38. The highest BCUT2D eigenvalue weighted by atomic mass is 15.2. The maximum atomic E-state index is 6.09. The van der Waals surface area contributed by atoms with Crippen molar-refractivity contribution in [2.75, 3.05) is 19.6 Å². The summed E-state index contributed by atoms with van der Waals surface area (Å²) in [4.78, 5) is 2.61. The van der Waals surface area contributed by atoms with Crippen LogP contribution in [-0.2, 0) is 0 Å². The van der Waals surface area contributed by atoms with Crippen LogP contribution in [0.15, 0.2) is 24.3 Å². The molecule has 0 spiro atoms. The normalized spacial score (nSPS) is 25.6. The van der Waals surface area contributed by atoms with Gasteiger partial charge in [-0.3, -0.25) is 4.90 Å². The lowest BCUT2D eigenvalue weighted by Crippen LogP contribution is -2.40. The molecular formula is C18H28N2. The predicted octanol–water partition coefficient (Wildman–Crippen LogP) is 3.69. The van der Waals surface area contributed by atoms with Crippen LogP contribution >= 0.6 is 0 Å². The van der Waals surface area contributed by atoms with Gasteiger partial charge in [-0.1, -0.05) is 37.6 Å². The van der Waals surface area contributed by atoms with E-state index in [1.807, 2.05) is 0 Å². The molecule has 20 heavy (non-hydrogen) atoms. The summed E-state index contributed by atoms with van der Waals surface area (Å²) in [5.74, 6) is 1.71. The van der Waals surface area contributed by atoms with Crippen LogP contribution in [0.4, 0.5) is 0 Å². The summed E-state index contributed by atoms with van der Waals surface area (Å²) in [6.07, 6.45) is 6.78. The summed E-state index contributed by atoms with van der Waals surface area (Å²) in [5, 5.41) is 0. The van der Waals surface area contributed by atoms with E-state index in [-0.39, 0.29) is 0 Å². The van der Waals surface area contributed by atoms with E-state index < -0.39 is 0 Å². The van der Waals surface area contributed by atoms with Gasteiger partial charge in [-0.15, -0.1) is 0 Å². The highest BCUT2D eigenvalue weighted by molar-refractivity contribution is 5.30. The Balaban J connectivity index is 1.71. The zero-order chi connectivity index (χ0) is 13.9. The van der Waals surface area contributed by atoms with E-state index in [0.29, 0.717) is 6.04 Å². The molecule has 0 aromatic heterocycles. The molecule has 0 amide bonds. The van der Waals surface area contributed by atoms with Crippen LogP contribution < -0.4 is 5.73 Å². The fraction of sp³-hybridized carbons (Fsp3) is 0.667. The largest absolute Gasteiger partial charge is 0.329 e. The van der Waals surface area contributed by atoms with E-state index in [1.165, 1.54) is 56.3 Å². The smallest absolute Gasteiger partial charge is 0.0470 e. The molecule has 2 nitrogen and oxygen atoms in total. The Morgan fingerprint density at radius 2 is 1.95 bits per heavy atom. The van der Waals surface area contributed by atoms with Gasteiger partial charge in [0.05, 0.1) is 0 Å². The fourth-order valence-electron chi connectivity index (χ4n) is 3.62. The van der Waals surface area contributed by atoms with Crippen molar-refractivity contribution in [3.05, 3.63) is 35.4 Å². The summed E-state index contributed by atoms with van der Waals surface area (Å²) < 4.78 is 0. The van der Waals surface area contributed by atoms with Crippen molar-refractivity contribution < 1.29 is 0 Å². The van der Waals surface area contributed by atoms with Gasteiger partial charge in [-0.25, -0.2) is 0 Å².